The molecule has 1 aromatic carbocycles. The lowest BCUT2D eigenvalue weighted by atomic mass is 9.77. The second kappa shape index (κ2) is 10.7. The van der Waals surface area contributed by atoms with Crippen LogP contribution in [0.4, 0.5) is 0 Å². The number of benzene rings is 1. The molecular weight excluding hydrogens is 390 g/mol. The molecule has 6 nitrogen and oxygen atoms in total. The number of carboxylic acid groups (broad SMARTS) is 1. The Morgan fingerprint density at radius 3 is 2.58 bits per heavy atom. The first-order valence-corrected chi connectivity index (χ1v) is 11.2. The summed E-state index contributed by atoms with van der Waals surface area (Å²) in [6.45, 7) is 3.33. The Kier molecular flexibility index (Phi) is 8.04. The van der Waals surface area contributed by atoms with E-state index in [0.29, 0.717) is 12.3 Å². The van der Waals surface area contributed by atoms with Crippen molar-refractivity contribution in [2.24, 2.45) is 17.2 Å². The van der Waals surface area contributed by atoms with Gasteiger partial charge in [-0.15, -0.1) is 0 Å². The fraction of sp³-hybridized carbons (Fsp3) is 0.520. The zero-order chi connectivity index (χ0) is 22.3. The van der Waals surface area contributed by atoms with Crippen LogP contribution in [0.3, 0.4) is 0 Å². The van der Waals surface area contributed by atoms with Crippen LogP contribution in [-0.4, -0.2) is 26.7 Å². The fourth-order valence-corrected chi connectivity index (χ4v) is 4.60. The van der Waals surface area contributed by atoms with E-state index >= 15 is 0 Å². The van der Waals surface area contributed by atoms with Crippen LogP contribution in [0.5, 0.6) is 0 Å². The number of carboxylic acids is 1. The van der Waals surface area contributed by atoms with Crippen LogP contribution in [0.1, 0.15) is 64.0 Å². The summed E-state index contributed by atoms with van der Waals surface area (Å²) in [5, 5.41) is 9.64. The van der Waals surface area contributed by atoms with Crippen molar-refractivity contribution >= 4 is 5.97 Å². The molecule has 6 heteroatoms. The van der Waals surface area contributed by atoms with Crippen molar-refractivity contribution < 1.29 is 14.7 Å². The minimum atomic E-state index is -1.08. The van der Waals surface area contributed by atoms with E-state index < -0.39 is 17.5 Å². The summed E-state index contributed by atoms with van der Waals surface area (Å²) in [6, 6.07) is 10.6. The van der Waals surface area contributed by atoms with Gasteiger partial charge in [-0.1, -0.05) is 55.7 Å². The predicted molar refractivity (Wildman–Crippen MR) is 121 cm³/mol. The van der Waals surface area contributed by atoms with Crippen LogP contribution in [0, 0.1) is 11.3 Å². The van der Waals surface area contributed by atoms with Crippen LogP contribution in [-0.2, 0) is 16.1 Å². The number of aliphatic carboxylic acids is 1. The lowest BCUT2D eigenvalue weighted by Crippen LogP contribution is -2.40. The van der Waals surface area contributed by atoms with Crippen molar-refractivity contribution in [3.05, 3.63) is 66.3 Å². The molecular formula is C25H35N3O3. The molecule has 1 heterocycles. The minimum absolute atomic E-state index is 0.124. The van der Waals surface area contributed by atoms with Gasteiger partial charge >= 0.3 is 5.97 Å². The van der Waals surface area contributed by atoms with Crippen LogP contribution in [0.2, 0.25) is 0 Å². The average molecular weight is 426 g/mol. The summed E-state index contributed by atoms with van der Waals surface area (Å²) < 4.78 is 2.17. The number of rotatable bonds is 10. The zero-order valence-corrected chi connectivity index (χ0v) is 18.6. The van der Waals surface area contributed by atoms with Crippen LogP contribution < -0.4 is 5.90 Å². The summed E-state index contributed by atoms with van der Waals surface area (Å²) >= 11 is 0. The maximum Gasteiger partial charge on any atom is 0.311 e. The number of nitrogens with zero attached hydrogens (tertiary/aromatic N) is 2. The van der Waals surface area contributed by atoms with E-state index in [0.717, 1.165) is 19.3 Å². The quantitative estimate of drug-likeness (QED) is 0.416. The molecule has 3 rings (SSSR count). The Morgan fingerprint density at radius 1 is 1.29 bits per heavy atom. The Balaban J connectivity index is 1.96. The molecule has 1 aliphatic carbocycles. The largest absolute Gasteiger partial charge is 0.481 e. The number of carbonyl (C=O) groups is 1. The first-order chi connectivity index (χ1) is 14.9. The van der Waals surface area contributed by atoms with E-state index in [9.17, 15) is 9.90 Å². The molecule has 0 radical (unpaired) electrons. The first-order valence-electron chi connectivity index (χ1n) is 11.2. The van der Waals surface area contributed by atoms with Gasteiger partial charge < -0.3 is 9.67 Å². The van der Waals surface area contributed by atoms with Gasteiger partial charge in [0.1, 0.15) is 0 Å². The topological polar surface area (TPSA) is 90.4 Å². The van der Waals surface area contributed by atoms with E-state index in [4.69, 9.17) is 10.7 Å². The third-order valence-corrected chi connectivity index (χ3v) is 6.71. The van der Waals surface area contributed by atoms with E-state index in [-0.39, 0.29) is 6.04 Å². The molecule has 1 fully saturated rings. The molecule has 168 valence electrons. The van der Waals surface area contributed by atoms with Crippen LogP contribution in [0.25, 0.3) is 0 Å². The molecule has 2 aromatic rings. The van der Waals surface area contributed by atoms with Gasteiger partial charge in [0.15, 0.2) is 0 Å². The molecule has 0 saturated heterocycles. The van der Waals surface area contributed by atoms with Gasteiger partial charge in [0.2, 0.25) is 0 Å². The second-order valence-corrected chi connectivity index (χ2v) is 9.14. The van der Waals surface area contributed by atoms with Crippen molar-refractivity contribution in [1.82, 2.24) is 9.55 Å². The normalized spacial score (nSPS) is 18.0. The van der Waals surface area contributed by atoms with E-state index in [1.807, 2.05) is 24.8 Å². The van der Waals surface area contributed by atoms with Crippen molar-refractivity contribution in [2.75, 3.05) is 0 Å². The predicted octanol–water partition coefficient (Wildman–Crippen LogP) is 4.93. The molecule has 0 bridgehead atoms. The summed E-state index contributed by atoms with van der Waals surface area (Å²) in [6.07, 6.45) is 14.7. The SMILES string of the molecule is CC(C)(C(=O)O)C(C/C=C(/C1CCCCC1)C(Cc1ccccc1)n1ccnc1)ON. The molecule has 1 aliphatic rings. The monoisotopic (exact) mass is 425 g/mol. The Morgan fingerprint density at radius 2 is 2.00 bits per heavy atom. The van der Waals surface area contributed by atoms with Gasteiger partial charge in [-0.25, -0.2) is 10.9 Å². The van der Waals surface area contributed by atoms with Gasteiger partial charge in [0.05, 0.1) is 23.9 Å². The van der Waals surface area contributed by atoms with Gasteiger partial charge in [-0.3, -0.25) is 9.63 Å². The maximum atomic E-state index is 11.8. The average Bonchev–Trinajstić information content (AvgIpc) is 3.31. The maximum absolute atomic E-state index is 11.8. The molecule has 31 heavy (non-hydrogen) atoms. The number of nitrogens with two attached hydrogens (primary N) is 1. The van der Waals surface area contributed by atoms with Crippen molar-refractivity contribution in [3.63, 3.8) is 0 Å². The fourth-order valence-electron chi connectivity index (χ4n) is 4.60. The summed E-state index contributed by atoms with van der Waals surface area (Å²) in [7, 11) is 0. The molecule has 1 aromatic heterocycles. The van der Waals surface area contributed by atoms with Crippen LogP contribution >= 0.6 is 0 Å². The molecule has 2 atom stereocenters. The number of hydrogen-bond acceptors (Lipinski definition) is 4. The minimum Gasteiger partial charge on any atom is -0.481 e. The standard InChI is InChI=1S/C25H35N3O3/c1-25(2,24(29)30)23(31-26)14-13-21(20-11-7-4-8-12-20)22(28-16-15-27-18-28)17-19-9-5-3-6-10-19/h3,5-6,9-10,13,15-16,18,20,22-23H,4,7-8,11-12,14,17,26H2,1-2H3,(H,29,30)/b21-13-. The molecule has 0 amide bonds. The van der Waals surface area contributed by atoms with Crippen LogP contribution in [0.15, 0.2) is 60.7 Å². The van der Waals surface area contributed by atoms with E-state index in [1.54, 1.807) is 13.8 Å². The van der Waals surface area contributed by atoms with Gasteiger partial charge in [0.25, 0.3) is 0 Å². The first kappa shape index (κ1) is 23.2. The summed E-state index contributed by atoms with van der Waals surface area (Å²) in [5.74, 6) is 5.11. The lowest BCUT2D eigenvalue weighted by molar-refractivity contribution is -0.156. The van der Waals surface area contributed by atoms with E-state index in [2.05, 4.69) is 39.9 Å². The van der Waals surface area contributed by atoms with Gasteiger partial charge in [-0.05, 0) is 56.6 Å². The summed E-state index contributed by atoms with van der Waals surface area (Å²) in [5.41, 5.74) is 1.53. The summed E-state index contributed by atoms with van der Waals surface area (Å²) in [4.78, 5) is 21.2. The molecule has 3 N–H and O–H groups in total. The highest BCUT2D eigenvalue weighted by molar-refractivity contribution is 5.74. The number of imidazole rings is 1. The molecule has 0 aliphatic heterocycles. The Bertz CT molecular complexity index is 840. The van der Waals surface area contributed by atoms with E-state index in [1.165, 1.54) is 30.4 Å². The second-order valence-electron chi connectivity index (χ2n) is 9.14. The van der Waals surface area contributed by atoms with Gasteiger partial charge in [0, 0.05) is 12.4 Å². The highest BCUT2D eigenvalue weighted by atomic mass is 16.6. The zero-order valence-electron chi connectivity index (χ0n) is 18.6. The molecule has 0 spiro atoms. The third kappa shape index (κ3) is 5.83. The Labute approximate surface area is 185 Å². The number of aromatic nitrogens is 2. The smallest absolute Gasteiger partial charge is 0.311 e. The highest BCUT2D eigenvalue weighted by Crippen LogP contribution is 2.38. The lowest BCUT2D eigenvalue weighted by Gasteiger charge is -2.33. The Hall–Kier alpha value is -2.44. The number of allylic oxidation sites excluding steroid dienone is 1. The van der Waals surface area contributed by atoms with Crippen molar-refractivity contribution in [3.8, 4) is 0 Å². The third-order valence-electron chi connectivity index (χ3n) is 6.71. The molecule has 2 unspecified atom stereocenters. The van der Waals surface area contributed by atoms with Crippen molar-refractivity contribution in [1.29, 1.82) is 0 Å². The van der Waals surface area contributed by atoms with Gasteiger partial charge in [-0.2, -0.15) is 0 Å². The van der Waals surface area contributed by atoms with Crippen molar-refractivity contribution in [2.45, 2.75) is 70.9 Å². The molecule has 1 saturated carbocycles. The highest BCUT2D eigenvalue weighted by Gasteiger charge is 2.37. The number of hydrogen-bond donors (Lipinski definition) is 2.